The molecule has 1 rings (SSSR count). The van der Waals surface area contributed by atoms with Crippen LogP contribution in [0.15, 0.2) is 16.6 Å². The molecule has 0 heterocycles. The van der Waals surface area contributed by atoms with E-state index in [1.165, 1.54) is 0 Å². The first-order chi connectivity index (χ1) is 6.73. The zero-order chi connectivity index (χ0) is 11.8. The lowest BCUT2D eigenvalue weighted by atomic mass is 10.1. The highest BCUT2D eigenvalue weighted by atomic mass is 79.9. The molecule has 0 radical (unpaired) electrons. The molecule has 0 bridgehead atoms. The molecule has 0 aliphatic heterocycles. The van der Waals surface area contributed by atoms with Crippen LogP contribution in [0.3, 0.4) is 0 Å². The fourth-order valence-electron chi connectivity index (χ4n) is 0.922. The average Bonchev–Trinajstić information content (AvgIpc) is 2.10. The molecule has 0 amide bonds. The zero-order valence-electron chi connectivity index (χ0n) is 6.95. The summed E-state index contributed by atoms with van der Waals surface area (Å²) in [6.45, 7) is 0. The Labute approximate surface area is 102 Å². The number of aliphatic hydroxyl groups excluding tert-OH is 1. The second-order valence-corrected chi connectivity index (χ2v) is 4.38. The van der Waals surface area contributed by atoms with Crippen LogP contribution in [0.1, 0.15) is 11.7 Å². The van der Waals surface area contributed by atoms with E-state index in [2.05, 4.69) is 15.9 Å². The Morgan fingerprint density at radius 2 is 1.80 bits per heavy atom. The number of hydrogen-bond acceptors (Lipinski definition) is 1. The summed E-state index contributed by atoms with van der Waals surface area (Å²) in [5.74, 6) is 0. The van der Waals surface area contributed by atoms with Crippen molar-refractivity contribution in [1.29, 1.82) is 0 Å². The van der Waals surface area contributed by atoms with Gasteiger partial charge in [0.25, 0.3) is 0 Å². The summed E-state index contributed by atoms with van der Waals surface area (Å²) in [4.78, 5) is 0. The van der Waals surface area contributed by atoms with Gasteiger partial charge >= 0.3 is 6.18 Å². The van der Waals surface area contributed by atoms with E-state index in [-0.39, 0.29) is 20.1 Å². The maximum atomic E-state index is 12.2. The van der Waals surface area contributed by atoms with Crippen LogP contribution >= 0.6 is 39.1 Å². The summed E-state index contributed by atoms with van der Waals surface area (Å²) in [6, 6.07) is 2.05. The van der Waals surface area contributed by atoms with E-state index < -0.39 is 12.3 Å². The van der Waals surface area contributed by atoms with Crippen molar-refractivity contribution in [1.82, 2.24) is 0 Å². The van der Waals surface area contributed by atoms with E-state index in [1.807, 2.05) is 0 Å². The van der Waals surface area contributed by atoms with Crippen molar-refractivity contribution in [2.24, 2.45) is 0 Å². The van der Waals surface area contributed by atoms with Gasteiger partial charge in [-0.15, -0.1) is 0 Å². The van der Waals surface area contributed by atoms with Gasteiger partial charge in [0.1, 0.15) is 0 Å². The van der Waals surface area contributed by atoms with Crippen molar-refractivity contribution < 1.29 is 18.3 Å². The van der Waals surface area contributed by atoms with Gasteiger partial charge in [0.2, 0.25) is 0 Å². The molecule has 15 heavy (non-hydrogen) atoms. The first-order valence-electron chi connectivity index (χ1n) is 3.62. The topological polar surface area (TPSA) is 20.2 Å². The van der Waals surface area contributed by atoms with Gasteiger partial charge in [-0.1, -0.05) is 23.2 Å². The van der Waals surface area contributed by atoms with E-state index in [1.54, 1.807) is 0 Å². The monoisotopic (exact) mass is 322 g/mol. The first kappa shape index (κ1) is 13.1. The number of hydrogen-bond donors (Lipinski definition) is 1. The third kappa shape index (κ3) is 3.00. The molecule has 0 fully saturated rings. The number of benzene rings is 1. The molecule has 1 atom stereocenters. The summed E-state index contributed by atoms with van der Waals surface area (Å²) in [7, 11) is 0. The Morgan fingerprint density at radius 3 is 2.20 bits per heavy atom. The fraction of sp³-hybridized carbons (Fsp3) is 0.250. The van der Waals surface area contributed by atoms with E-state index in [0.717, 1.165) is 12.1 Å². The number of halogens is 6. The SMILES string of the molecule is OC(c1cc(Cl)c(Cl)c(Br)c1)C(F)(F)F. The Bertz CT molecular complexity index is 358. The van der Waals surface area contributed by atoms with Crippen molar-refractivity contribution in [3.63, 3.8) is 0 Å². The van der Waals surface area contributed by atoms with Crippen molar-refractivity contribution in [2.75, 3.05) is 0 Å². The highest BCUT2D eigenvalue weighted by Gasteiger charge is 2.39. The lowest BCUT2D eigenvalue weighted by molar-refractivity contribution is -0.206. The summed E-state index contributed by atoms with van der Waals surface area (Å²) in [5, 5.41) is 9.00. The standard InChI is InChI=1S/C8H4BrCl2F3O/c9-4-1-3(2-5(10)6(4)11)7(15)8(12,13)14/h1-2,7,15H. The van der Waals surface area contributed by atoms with E-state index in [9.17, 15) is 13.2 Å². The molecule has 0 aromatic heterocycles. The average molecular weight is 324 g/mol. The largest absolute Gasteiger partial charge is 0.418 e. The van der Waals surface area contributed by atoms with Crippen molar-refractivity contribution >= 4 is 39.1 Å². The van der Waals surface area contributed by atoms with Gasteiger partial charge in [-0.25, -0.2) is 0 Å². The fourth-order valence-corrected chi connectivity index (χ4v) is 1.85. The zero-order valence-corrected chi connectivity index (χ0v) is 10.0. The van der Waals surface area contributed by atoms with Crippen LogP contribution in [-0.2, 0) is 0 Å². The van der Waals surface area contributed by atoms with Crippen LogP contribution in [0, 0.1) is 0 Å². The van der Waals surface area contributed by atoms with E-state index in [4.69, 9.17) is 28.3 Å². The van der Waals surface area contributed by atoms with Crippen LogP contribution in [0.5, 0.6) is 0 Å². The second-order valence-electron chi connectivity index (χ2n) is 2.74. The minimum atomic E-state index is -4.73. The highest BCUT2D eigenvalue weighted by molar-refractivity contribution is 9.10. The third-order valence-corrected chi connectivity index (χ3v) is 3.29. The third-order valence-electron chi connectivity index (χ3n) is 1.63. The molecule has 0 saturated carbocycles. The maximum absolute atomic E-state index is 12.2. The number of alkyl halides is 3. The van der Waals surface area contributed by atoms with Crippen LogP contribution in [0.25, 0.3) is 0 Å². The number of rotatable bonds is 1. The van der Waals surface area contributed by atoms with Crippen LogP contribution < -0.4 is 0 Å². The molecule has 1 N–H and O–H groups in total. The van der Waals surface area contributed by atoms with Crippen LogP contribution in [0.2, 0.25) is 10.0 Å². The van der Waals surface area contributed by atoms with E-state index >= 15 is 0 Å². The van der Waals surface area contributed by atoms with Crippen molar-refractivity contribution in [3.8, 4) is 0 Å². The molecule has 1 aromatic rings. The van der Waals surface area contributed by atoms with Gasteiger partial charge in [-0.2, -0.15) is 13.2 Å². The lowest BCUT2D eigenvalue weighted by Crippen LogP contribution is -2.20. The van der Waals surface area contributed by atoms with Crippen molar-refractivity contribution in [2.45, 2.75) is 12.3 Å². The first-order valence-corrected chi connectivity index (χ1v) is 5.17. The quantitative estimate of drug-likeness (QED) is 0.762. The maximum Gasteiger partial charge on any atom is 0.418 e. The minimum Gasteiger partial charge on any atom is -0.379 e. The summed E-state index contributed by atoms with van der Waals surface area (Å²) < 4.78 is 36.7. The highest BCUT2D eigenvalue weighted by Crippen LogP contribution is 2.38. The molecule has 0 aliphatic rings. The molecule has 0 spiro atoms. The normalized spacial score (nSPS) is 14.1. The van der Waals surface area contributed by atoms with Gasteiger partial charge < -0.3 is 5.11 Å². The molecule has 1 aromatic carbocycles. The van der Waals surface area contributed by atoms with E-state index in [0.29, 0.717) is 0 Å². The summed E-state index contributed by atoms with van der Waals surface area (Å²) in [5.41, 5.74) is -0.358. The Kier molecular flexibility index (Phi) is 3.92. The smallest absolute Gasteiger partial charge is 0.379 e. The Morgan fingerprint density at radius 1 is 1.27 bits per heavy atom. The van der Waals surface area contributed by atoms with Gasteiger partial charge in [-0.3, -0.25) is 0 Å². The molecule has 7 heteroatoms. The molecular formula is C8H4BrCl2F3O. The molecule has 0 aliphatic carbocycles. The van der Waals surface area contributed by atoms with Gasteiger partial charge in [-0.05, 0) is 33.6 Å². The lowest BCUT2D eigenvalue weighted by Gasteiger charge is -2.15. The predicted octanol–water partition coefficient (Wildman–Crippen LogP) is 4.35. The van der Waals surface area contributed by atoms with Crippen molar-refractivity contribution in [3.05, 3.63) is 32.2 Å². The van der Waals surface area contributed by atoms with Gasteiger partial charge in [0.05, 0.1) is 10.0 Å². The Hall–Kier alpha value is 0.0300. The molecular weight excluding hydrogens is 320 g/mol. The summed E-state index contributed by atoms with van der Waals surface area (Å²) in [6.07, 6.45) is -7.29. The minimum absolute atomic E-state index is 0.0515. The van der Waals surface area contributed by atoms with Crippen LogP contribution in [-0.4, -0.2) is 11.3 Å². The predicted molar refractivity (Wildman–Crippen MR) is 55.2 cm³/mol. The summed E-state index contributed by atoms with van der Waals surface area (Å²) >= 11 is 14.1. The molecule has 1 nitrogen and oxygen atoms in total. The molecule has 0 saturated heterocycles. The van der Waals surface area contributed by atoms with Gasteiger partial charge in [0.15, 0.2) is 6.10 Å². The molecule has 1 unspecified atom stereocenters. The van der Waals surface area contributed by atoms with Crippen LogP contribution in [0.4, 0.5) is 13.2 Å². The Balaban J connectivity index is 3.17. The number of aliphatic hydroxyl groups is 1. The second kappa shape index (κ2) is 4.49. The van der Waals surface area contributed by atoms with Gasteiger partial charge in [0, 0.05) is 4.47 Å². The molecule has 84 valence electrons.